The fourth-order valence-corrected chi connectivity index (χ4v) is 3.72. The average molecular weight is 579 g/mol. The quantitative estimate of drug-likeness (QED) is 0.232. The van der Waals surface area contributed by atoms with E-state index in [0.717, 1.165) is 5.75 Å². The molecule has 0 spiro atoms. The number of esters is 1. The highest BCUT2D eigenvalue weighted by Gasteiger charge is 2.36. The fourth-order valence-electron chi connectivity index (χ4n) is 3.57. The number of aliphatic hydroxyl groups excluding tert-OH is 1. The first kappa shape index (κ1) is 34.3. The van der Waals surface area contributed by atoms with E-state index in [9.17, 15) is 9.90 Å². The Morgan fingerprint density at radius 1 is 1.27 bits per heavy atom. The molecule has 1 saturated heterocycles. The van der Waals surface area contributed by atoms with Gasteiger partial charge in [-0.3, -0.25) is 4.79 Å². The Bertz CT molecular complexity index is 1200. The van der Waals surface area contributed by atoms with Crippen LogP contribution in [0.1, 0.15) is 25.1 Å². The van der Waals surface area contributed by atoms with E-state index in [1.807, 2.05) is 37.1 Å². The summed E-state index contributed by atoms with van der Waals surface area (Å²) >= 11 is 5.07. The summed E-state index contributed by atoms with van der Waals surface area (Å²) in [6.07, 6.45) is 2.13. The molecule has 220 valence electrons. The minimum atomic E-state index is -0.616. The fraction of sp³-hybridized carbons (Fsp3) is 0.423. The molecule has 0 bridgehead atoms. The van der Waals surface area contributed by atoms with Crippen molar-refractivity contribution in [1.29, 1.82) is 0 Å². The molecule has 4 atom stereocenters. The van der Waals surface area contributed by atoms with Crippen LogP contribution < -0.4 is 21.5 Å². The highest BCUT2D eigenvalue weighted by Crippen LogP contribution is 2.34. The van der Waals surface area contributed by atoms with Gasteiger partial charge < -0.3 is 50.2 Å². The number of likely N-dealkylation sites (N-methyl/N-ethyl adjacent to an activating group) is 1. The SMILES string of the molecule is C=O.CNC(C)C(=O)OC.COCC1OC(n2cc(C(N)=S)c3c(N)ncnc32)CC1O.COc1ccccc1. The van der Waals surface area contributed by atoms with Gasteiger partial charge in [-0.05, 0) is 26.1 Å². The number of benzene rings is 1. The van der Waals surface area contributed by atoms with Crippen molar-refractivity contribution in [3.8, 4) is 5.75 Å². The minimum absolute atomic E-state index is 0.194. The standard InChI is InChI=1S/C13H17N5O3S.C7H8O.C5H11NO2.CH2O/c1-20-4-8-7(19)2-9(21-8)18-3-6(12(15)22)10-11(14)16-5-17-13(10)18;1-8-7-5-3-2-4-6-7;1-4(6-2)5(7)8-3;1-2/h3,5,7-9,19H,2,4H2,1H3,(H2,15,22)(H2,14,16,17);2-6H,1H3;4,6H,1-3H3;1H2. The molecule has 3 heterocycles. The first-order chi connectivity index (χ1) is 19.2. The highest BCUT2D eigenvalue weighted by atomic mass is 32.1. The third-order valence-electron chi connectivity index (χ3n) is 5.72. The van der Waals surface area contributed by atoms with Gasteiger partial charge in [0.05, 0.1) is 32.3 Å². The van der Waals surface area contributed by atoms with Crippen LogP contribution in [0.5, 0.6) is 5.75 Å². The molecular weight excluding hydrogens is 540 g/mol. The van der Waals surface area contributed by atoms with E-state index in [4.69, 9.17) is 42.7 Å². The summed E-state index contributed by atoms with van der Waals surface area (Å²) in [6, 6.07) is 9.49. The molecule has 1 aliphatic heterocycles. The Kier molecular flexibility index (Phi) is 15.3. The van der Waals surface area contributed by atoms with E-state index in [-0.39, 0.29) is 23.1 Å². The number of hydrogen-bond donors (Lipinski definition) is 4. The molecule has 0 amide bonds. The zero-order chi connectivity index (χ0) is 30.2. The number of hydrogen-bond acceptors (Lipinski definition) is 12. The van der Waals surface area contributed by atoms with Crippen molar-refractivity contribution in [2.45, 2.75) is 37.8 Å². The van der Waals surface area contributed by atoms with E-state index < -0.39 is 12.3 Å². The third-order valence-corrected chi connectivity index (χ3v) is 5.94. The van der Waals surface area contributed by atoms with E-state index in [2.05, 4.69) is 20.0 Å². The number of aromatic nitrogens is 3. The van der Waals surface area contributed by atoms with Crippen LogP contribution in [0.3, 0.4) is 0 Å². The lowest BCUT2D eigenvalue weighted by Gasteiger charge is -2.15. The lowest BCUT2D eigenvalue weighted by atomic mass is 10.2. The Morgan fingerprint density at radius 3 is 2.40 bits per heavy atom. The number of rotatable bonds is 7. The number of nitrogen functional groups attached to an aromatic ring is 1. The second-order valence-corrected chi connectivity index (χ2v) is 8.65. The maximum absolute atomic E-state index is 10.5. The van der Waals surface area contributed by atoms with Gasteiger partial charge in [0.2, 0.25) is 0 Å². The molecule has 40 heavy (non-hydrogen) atoms. The molecule has 1 aliphatic rings. The molecule has 3 aromatic rings. The molecule has 1 fully saturated rings. The van der Waals surface area contributed by atoms with Crippen LogP contribution in [-0.2, 0) is 23.8 Å². The van der Waals surface area contributed by atoms with Crippen LogP contribution in [-0.4, -0.2) is 90.6 Å². The Hall–Kier alpha value is -3.69. The van der Waals surface area contributed by atoms with Crippen LogP contribution >= 0.6 is 12.2 Å². The average Bonchev–Trinajstić information content (AvgIpc) is 3.56. The van der Waals surface area contributed by atoms with Gasteiger partial charge >= 0.3 is 5.97 Å². The van der Waals surface area contributed by atoms with E-state index in [1.165, 1.54) is 13.4 Å². The molecule has 0 aliphatic carbocycles. The number of methoxy groups -OCH3 is 3. The van der Waals surface area contributed by atoms with Crippen molar-refractivity contribution in [2.75, 3.05) is 40.7 Å². The lowest BCUT2D eigenvalue weighted by Crippen LogP contribution is -2.31. The normalized spacial score (nSPS) is 18.1. The van der Waals surface area contributed by atoms with E-state index >= 15 is 0 Å². The van der Waals surface area contributed by atoms with E-state index in [0.29, 0.717) is 35.4 Å². The first-order valence-corrected chi connectivity index (χ1v) is 12.4. The number of anilines is 1. The summed E-state index contributed by atoms with van der Waals surface area (Å²) < 4.78 is 22.0. The Labute approximate surface area is 238 Å². The van der Waals surface area contributed by atoms with Crippen molar-refractivity contribution < 1.29 is 33.6 Å². The number of carbonyl (C=O) groups excluding carboxylic acids is 2. The number of nitrogens with one attached hydrogen (secondary N) is 1. The van der Waals surface area contributed by atoms with Crippen LogP contribution in [0.2, 0.25) is 0 Å². The predicted molar refractivity (Wildman–Crippen MR) is 155 cm³/mol. The van der Waals surface area contributed by atoms with Crippen molar-refractivity contribution in [1.82, 2.24) is 19.9 Å². The largest absolute Gasteiger partial charge is 0.497 e. The summed E-state index contributed by atoms with van der Waals surface area (Å²) in [5.74, 6) is 0.985. The summed E-state index contributed by atoms with van der Waals surface area (Å²) in [4.78, 5) is 26.9. The predicted octanol–water partition coefficient (Wildman–Crippen LogP) is 1.22. The van der Waals surface area contributed by atoms with Gasteiger partial charge in [0.15, 0.2) is 0 Å². The summed E-state index contributed by atoms with van der Waals surface area (Å²) in [6.45, 7) is 4.06. The van der Waals surface area contributed by atoms with Gasteiger partial charge in [-0.25, -0.2) is 9.97 Å². The zero-order valence-corrected chi connectivity index (χ0v) is 24.1. The maximum Gasteiger partial charge on any atom is 0.322 e. The third kappa shape index (κ3) is 9.50. The molecule has 2 aromatic heterocycles. The van der Waals surface area contributed by atoms with Gasteiger partial charge in [0.1, 0.15) is 53.7 Å². The number of ether oxygens (including phenoxy) is 4. The Balaban J connectivity index is 0.000000366. The van der Waals surface area contributed by atoms with Gasteiger partial charge in [-0.2, -0.15) is 0 Å². The molecule has 13 nitrogen and oxygen atoms in total. The summed E-state index contributed by atoms with van der Waals surface area (Å²) in [7, 11) is 6.31. The van der Waals surface area contributed by atoms with Gasteiger partial charge in [0, 0.05) is 25.3 Å². The monoisotopic (exact) mass is 578 g/mol. The molecular formula is C26H38N6O7S. The van der Waals surface area contributed by atoms with Crippen molar-refractivity contribution in [2.24, 2.45) is 5.73 Å². The van der Waals surface area contributed by atoms with Crippen molar-refractivity contribution in [3.05, 3.63) is 48.4 Å². The minimum Gasteiger partial charge on any atom is -0.497 e. The van der Waals surface area contributed by atoms with Crippen LogP contribution in [0, 0.1) is 0 Å². The maximum atomic E-state index is 10.5. The second kappa shape index (κ2) is 17.8. The van der Waals surface area contributed by atoms with Gasteiger partial charge in [-0.15, -0.1) is 0 Å². The topological polar surface area (TPSA) is 186 Å². The molecule has 4 rings (SSSR count). The molecule has 6 N–H and O–H groups in total. The van der Waals surface area contributed by atoms with Crippen molar-refractivity contribution in [3.63, 3.8) is 0 Å². The zero-order valence-electron chi connectivity index (χ0n) is 23.3. The number of carbonyl (C=O) groups is 2. The number of para-hydroxylation sites is 1. The summed E-state index contributed by atoms with van der Waals surface area (Å²) in [5, 5.41) is 13.4. The smallest absolute Gasteiger partial charge is 0.322 e. The molecule has 0 radical (unpaired) electrons. The number of nitrogens with two attached hydrogens (primary N) is 2. The van der Waals surface area contributed by atoms with Crippen LogP contribution in [0.25, 0.3) is 11.0 Å². The molecule has 14 heteroatoms. The van der Waals surface area contributed by atoms with Gasteiger partial charge in [0.25, 0.3) is 0 Å². The summed E-state index contributed by atoms with van der Waals surface area (Å²) in [5.41, 5.74) is 12.8. The van der Waals surface area contributed by atoms with Crippen LogP contribution in [0.4, 0.5) is 5.82 Å². The molecule has 4 unspecified atom stereocenters. The van der Waals surface area contributed by atoms with Crippen molar-refractivity contribution >= 4 is 46.8 Å². The number of nitrogens with zero attached hydrogens (tertiary/aromatic N) is 3. The number of thiocarbonyl (C=S) groups is 1. The molecule has 0 saturated carbocycles. The first-order valence-electron chi connectivity index (χ1n) is 12.0. The number of aliphatic hydroxyl groups is 1. The van der Waals surface area contributed by atoms with Gasteiger partial charge in [-0.1, -0.05) is 30.4 Å². The van der Waals surface area contributed by atoms with E-state index in [1.54, 1.807) is 39.0 Å². The lowest BCUT2D eigenvalue weighted by molar-refractivity contribution is -0.142. The van der Waals surface area contributed by atoms with Crippen LogP contribution in [0.15, 0.2) is 42.9 Å². The highest BCUT2D eigenvalue weighted by molar-refractivity contribution is 7.80. The Morgan fingerprint density at radius 2 is 1.93 bits per heavy atom. The molecule has 1 aromatic carbocycles. The number of fused-ring (bicyclic) bond motifs is 1. The second-order valence-electron chi connectivity index (χ2n) is 8.21.